The van der Waals surface area contributed by atoms with Crippen LogP contribution in [0.3, 0.4) is 0 Å². The molecule has 1 fully saturated rings. The Balaban J connectivity index is 2.17. The summed E-state index contributed by atoms with van der Waals surface area (Å²) in [4.78, 5) is 27.0. The molecule has 1 aliphatic rings. The molecule has 1 aliphatic heterocycles. The monoisotopic (exact) mass is 414 g/mol. The first-order valence-corrected chi connectivity index (χ1v) is 8.74. The van der Waals surface area contributed by atoms with E-state index in [1.807, 2.05) is 45.0 Å². The van der Waals surface area contributed by atoms with Gasteiger partial charge in [-0.05, 0) is 86.9 Å². The summed E-state index contributed by atoms with van der Waals surface area (Å²) in [6.07, 6.45) is 2.67. The second-order valence-electron chi connectivity index (χ2n) is 6.76. The number of halogens is 1. The first-order chi connectivity index (χ1) is 10.3. The molecule has 22 heavy (non-hydrogen) atoms. The highest BCUT2D eigenvalue weighted by Gasteiger charge is 2.33. The van der Waals surface area contributed by atoms with Crippen LogP contribution < -0.4 is 5.32 Å². The van der Waals surface area contributed by atoms with E-state index in [1.165, 1.54) is 0 Å². The predicted molar refractivity (Wildman–Crippen MR) is 95.7 cm³/mol. The summed E-state index contributed by atoms with van der Waals surface area (Å²) in [5, 5.41) is 3.00. The average Bonchev–Trinajstić information content (AvgIpc) is 2.45. The fourth-order valence-electron chi connectivity index (χ4n) is 2.66. The van der Waals surface area contributed by atoms with Crippen LogP contribution in [0.1, 0.15) is 50.4 Å². The van der Waals surface area contributed by atoms with E-state index >= 15 is 0 Å². The van der Waals surface area contributed by atoms with Crippen LogP contribution in [0.25, 0.3) is 0 Å². The summed E-state index contributed by atoms with van der Waals surface area (Å²) >= 11 is 2.21. The van der Waals surface area contributed by atoms with Crippen molar-refractivity contribution in [2.24, 2.45) is 0 Å². The maximum Gasteiger partial charge on any atom is 0.254 e. The largest absolute Gasteiger partial charge is 0.350 e. The molecule has 2 amide bonds. The van der Waals surface area contributed by atoms with Gasteiger partial charge in [-0.15, -0.1) is 0 Å². The molecule has 0 aromatic heterocycles. The minimum Gasteiger partial charge on any atom is -0.350 e. The fraction of sp³-hybridized carbons (Fsp3) is 0.529. The quantitative estimate of drug-likeness (QED) is 0.756. The molecular weight excluding hydrogens is 391 g/mol. The Morgan fingerprint density at radius 2 is 1.82 bits per heavy atom. The van der Waals surface area contributed by atoms with Crippen LogP contribution in [-0.4, -0.2) is 34.8 Å². The van der Waals surface area contributed by atoms with Crippen LogP contribution in [0.2, 0.25) is 0 Å². The van der Waals surface area contributed by atoms with Crippen molar-refractivity contribution in [3.63, 3.8) is 0 Å². The Morgan fingerprint density at radius 3 is 2.41 bits per heavy atom. The molecule has 1 aromatic rings. The Labute approximate surface area is 145 Å². The first kappa shape index (κ1) is 17.2. The number of hydrogen-bond acceptors (Lipinski definition) is 2. The number of amides is 2. The number of carbonyl (C=O) groups is 2. The molecule has 1 saturated heterocycles. The molecular formula is C17H23IN2O2. The second-order valence-corrected chi connectivity index (χ2v) is 8.00. The molecule has 5 heteroatoms. The normalized spacial score (nSPS) is 18.9. The number of nitrogens with one attached hydrogen (secondary N) is 1. The van der Waals surface area contributed by atoms with Crippen molar-refractivity contribution in [2.75, 3.05) is 6.54 Å². The van der Waals surface area contributed by atoms with E-state index in [4.69, 9.17) is 0 Å². The van der Waals surface area contributed by atoms with Gasteiger partial charge in [-0.25, -0.2) is 0 Å². The van der Waals surface area contributed by atoms with Gasteiger partial charge < -0.3 is 10.2 Å². The molecule has 1 atom stereocenters. The van der Waals surface area contributed by atoms with E-state index in [-0.39, 0.29) is 23.4 Å². The highest BCUT2D eigenvalue weighted by atomic mass is 127. The summed E-state index contributed by atoms with van der Waals surface area (Å²) in [5.74, 6) is -0.101. The summed E-state index contributed by atoms with van der Waals surface area (Å²) in [6, 6.07) is 7.14. The summed E-state index contributed by atoms with van der Waals surface area (Å²) < 4.78 is 1.09. The summed E-state index contributed by atoms with van der Waals surface area (Å²) in [5.41, 5.74) is 0.363. The zero-order chi connectivity index (χ0) is 16.3. The number of rotatable bonds is 2. The molecule has 2 rings (SSSR count). The van der Waals surface area contributed by atoms with Crippen molar-refractivity contribution in [1.82, 2.24) is 10.2 Å². The zero-order valence-electron chi connectivity index (χ0n) is 13.4. The minimum absolute atomic E-state index is 0.0499. The van der Waals surface area contributed by atoms with Crippen molar-refractivity contribution in [1.29, 1.82) is 0 Å². The second kappa shape index (κ2) is 6.98. The van der Waals surface area contributed by atoms with Gasteiger partial charge in [0, 0.05) is 21.2 Å². The third kappa shape index (κ3) is 4.44. The smallest absolute Gasteiger partial charge is 0.254 e. The van der Waals surface area contributed by atoms with Gasteiger partial charge in [0.25, 0.3) is 5.91 Å². The third-order valence-electron chi connectivity index (χ3n) is 3.66. The lowest BCUT2D eigenvalue weighted by molar-refractivity contribution is -0.128. The molecule has 0 aliphatic carbocycles. The van der Waals surface area contributed by atoms with E-state index in [9.17, 15) is 9.59 Å². The lowest BCUT2D eigenvalue weighted by Gasteiger charge is -2.36. The number of piperidine rings is 1. The molecule has 4 nitrogen and oxygen atoms in total. The maximum atomic E-state index is 12.7. The van der Waals surface area contributed by atoms with Gasteiger partial charge in [0.15, 0.2) is 0 Å². The molecule has 1 unspecified atom stereocenters. The van der Waals surface area contributed by atoms with Crippen LogP contribution in [0.5, 0.6) is 0 Å². The highest BCUT2D eigenvalue weighted by molar-refractivity contribution is 14.1. The van der Waals surface area contributed by atoms with Gasteiger partial charge in [0.05, 0.1) is 0 Å². The number of benzene rings is 1. The molecule has 1 aromatic carbocycles. The van der Waals surface area contributed by atoms with Crippen LogP contribution in [0.15, 0.2) is 24.3 Å². The van der Waals surface area contributed by atoms with E-state index in [0.717, 1.165) is 22.8 Å². The van der Waals surface area contributed by atoms with E-state index < -0.39 is 0 Å². The topological polar surface area (TPSA) is 49.4 Å². The van der Waals surface area contributed by atoms with Gasteiger partial charge in [-0.1, -0.05) is 0 Å². The molecule has 1 heterocycles. The molecule has 1 N–H and O–H groups in total. The lowest BCUT2D eigenvalue weighted by Crippen LogP contribution is -2.55. The molecule has 0 bridgehead atoms. The average molecular weight is 414 g/mol. The molecule has 0 saturated carbocycles. The predicted octanol–water partition coefficient (Wildman–Crippen LogP) is 3.20. The van der Waals surface area contributed by atoms with Crippen LogP contribution >= 0.6 is 22.6 Å². The number of nitrogens with zero attached hydrogens (tertiary/aromatic N) is 1. The zero-order valence-corrected chi connectivity index (χ0v) is 15.5. The molecule has 0 radical (unpaired) electrons. The Hall–Kier alpha value is -1.11. The van der Waals surface area contributed by atoms with Gasteiger partial charge in [0.1, 0.15) is 6.04 Å². The highest BCUT2D eigenvalue weighted by Crippen LogP contribution is 2.21. The summed E-state index contributed by atoms with van der Waals surface area (Å²) in [6.45, 7) is 6.52. The van der Waals surface area contributed by atoms with Crippen molar-refractivity contribution in [2.45, 2.75) is 51.6 Å². The lowest BCUT2D eigenvalue weighted by atomic mass is 9.98. The van der Waals surface area contributed by atoms with Crippen molar-refractivity contribution in [3.05, 3.63) is 33.4 Å². The van der Waals surface area contributed by atoms with Gasteiger partial charge in [-0.2, -0.15) is 0 Å². The summed E-state index contributed by atoms with van der Waals surface area (Å²) in [7, 11) is 0. The molecule has 0 spiro atoms. The SMILES string of the molecule is CC(C)(C)NC(=O)C1CCCCN1C(=O)c1ccc(I)cc1. The first-order valence-electron chi connectivity index (χ1n) is 7.66. The van der Waals surface area contributed by atoms with Crippen molar-refractivity contribution < 1.29 is 9.59 Å². The van der Waals surface area contributed by atoms with E-state index in [2.05, 4.69) is 27.9 Å². The van der Waals surface area contributed by atoms with Crippen LogP contribution in [0, 0.1) is 3.57 Å². The van der Waals surface area contributed by atoms with Crippen LogP contribution in [-0.2, 0) is 4.79 Å². The van der Waals surface area contributed by atoms with E-state index in [0.29, 0.717) is 12.1 Å². The van der Waals surface area contributed by atoms with Crippen molar-refractivity contribution >= 4 is 34.4 Å². The maximum absolute atomic E-state index is 12.7. The standard InChI is InChI=1S/C17H23IN2O2/c1-17(2,3)19-15(21)14-6-4-5-11-20(14)16(22)12-7-9-13(18)10-8-12/h7-10,14H,4-6,11H2,1-3H3,(H,19,21). The number of carbonyl (C=O) groups excluding carboxylic acids is 2. The third-order valence-corrected chi connectivity index (χ3v) is 4.37. The van der Waals surface area contributed by atoms with Gasteiger partial charge in [0.2, 0.25) is 5.91 Å². The Kier molecular flexibility index (Phi) is 5.47. The Morgan fingerprint density at radius 1 is 1.18 bits per heavy atom. The number of likely N-dealkylation sites (tertiary alicyclic amines) is 1. The van der Waals surface area contributed by atoms with Crippen molar-refractivity contribution in [3.8, 4) is 0 Å². The number of hydrogen-bond donors (Lipinski definition) is 1. The minimum atomic E-state index is -0.361. The fourth-order valence-corrected chi connectivity index (χ4v) is 3.02. The van der Waals surface area contributed by atoms with Crippen LogP contribution in [0.4, 0.5) is 0 Å². The molecule has 120 valence electrons. The Bertz CT molecular complexity index is 549. The van der Waals surface area contributed by atoms with Gasteiger partial charge in [-0.3, -0.25) is 9.59 Å². The van der Waals surface area contributed by atoms with E-state index in [1.54, 1.807) is 4.90 Å². The van der Waals surface area contributed by atoms with Gasteiger partial charge >= 0.3 is 0 Å².